The molecular formula is C16H23Cl2NO2. The molecule has 1 aromatic rings. The van der Waals surface area contributed by atoms with E-state index in [0.29, 0.717) is 16.1 Å². The van der Waals surface area contributed by atoms with Crippen LogP contribution < -0.4 is 10.1 Å². The highest BCUT2D eigenvalue weighted by Gasteiger charge is 2.43. The van der Waals surface area contributed by atoms with Crippen molar-refractivity contribution in [2.45, 2.75) is 51.4 Å². The van der Waals surface area contributed by atoms with Crippen LogP contribution in [-0.2, 0) is 4.74 Å². The van der Waals surface area contributed by atoms with Gasteiger partial charge in [0.15, 0.2) is 0 Å². The third-order valence-corrected chi connectivity index (χ3v) is 4.34. The van der Waals surface area contributed by atoms with E-state index >= 15 is 0 Å². The molecule has 0 radical (unpaired) electrons. The topological polar surface area (TPSA) is 30.5 Å². The standard InChI is InChI=1S/C16H23Cl2NO2/c1-3-7-19-14-10-15(16(14)20-8-4-2)21-11-5-6-12(17)13(18)9-11/h5-6,9,14-16,19H,3-4,7-8,10H2,1-2H3. The largest absolute Gasteiger partial charge is 0.488 e. The first kappa shape index (κ1) is 16.9. The predicted molar refractivity (Wildman–Crippen MR) is 87.6 cm³/mol. The maximum absolute atomic E-state index is 6.02. The minimum absolute atomic E-state index is 0.0724. The lowest BCUT2D eigenvalue weighted by molar-refractivity contribution is -0.107. The van der Waals surface area contributed by atoms with Crippen LogP contribution in [0.5, 0.6) is 5.75 Å². The molecule has 0 amide bonds. The summed E-state index contributed by atoms with van der Waals surface area (Å²) in [4.78, 5) is 0. The summed E-state index contributed by atoms with van der Waals surface area (Å²) in [5.41, 5.74) is 0. The average Bonchev–Trinajstić information content (AvgIpc) is 2.46. The molecule has 0 bridgehead atoms. The summed E-state index contributed by atoms with van der Waals surface area (Å²) in [7, 11) is 0. The van der Waals surface area contributed by atoms with Gasteiger partial charge in [-0.25, -0.2) is 0 Å². The summed E-state index contributed by atoms with van der Waals surface area (Å²) in [6.07, 6.45) is 3.26. The van der Waals surface area contributed by atoms with E-state index in [2.05, 4.69) is 19.2 Å². The first-order valence-electron chi connectivity index (χ1n) is 7.62. The molecule has 1 saturated carbocycles. The number of ether oxygens (including phenoxy) is 2. The molecule has 0 saturated heterocycles. The molecule has 2 rings (SSSR count). The predicted octanol–water partition coefficient (Wildman–Crippen LogP) is 4.31. The first-order chi connectivity index (χ1) is 10.2. The summed E-state index contributed by atoms with van der Waals surface area (Å²) >= 11 is 11.9. The van der Waals surface area contributed by atoms with Crippen LogP contribution in [0, 0.1) is 0 Å². The molecular weight excluding hydrogens is 309 g/mol. The molecule has 1 aliphatic carbocycles. The zero-order valence-corrected chi connectivity index (χ0v) is 14.1. The molecule has 1 fully saturated rings. The van der Waals surface area contributed by atoms with Crippen molar-refractivity contribution in [1.82, 2.24) is 5.32 Å². The van der Waals surface area contributed by atoms with Crippen molar-refractivity contribution in [3.63, 3.8) is 0 Å². The third kappa shape index (κ3) is 4.49. The molecule has 0 aromatic heterocycles. The van der Waals surface area contributed by atoms with Gasteiger partial charge >= 0.3 is 0 Å². The molecule has 0 heterocycles. The Labute approximate surface area is 136 Å². The minimum Gasteiger partial charge on any atom is -0.488 e. The number of rotatable bonds is 8. The Morgan fingerprint density at radius 3 is 2.67 bits per heavy atom. The molecule has 1 aliphatic rings. The fourth-order valence-electron chi connectivity index (χ4n) is 2.43. The van der Waals surface area contributed by atoms with E-state index in [9.17, 15) is 0 Å². The van der Waals surface area contributed by atoms with E-state index in [1.807, 2.05) is 6.07 Å². The Hall–Kier alpha value is -0.480. The van der Waals surface area contributed by atoms with E-state index in [-0.39, 0.29) is 12.2 Å². The number of halogens is 2. The lowest BCUT2D eigenvalue weighted by atomic mass is 9.85. The third-order valence-electron chi connectivity index (χ3n) is 3.60. The summed E-state index contributed by atoms with van der Waals surface area (Å²) in [6.45, 7) is 6.05. The normalized spacial score (nSPS) is 24.7. The highest BCUT2D eigenvalue weighted by molar-refractivity contribution is 6.42. The highest BCUT2D eigenvalue weighted by Crippen LogP contribution is 2.32. The van der Waals surface area contributed by atoms with E-state index in [0.717, 1.165) is 38.2 Å². The molecule has 1 N–H and O–H groups in total. The van der Waals surface area contributed by atoms with Crippen molar-refractivity contribution < 1.29 is 9.47 Å². The Morgan fingerprint density at radius 2 is 2.00 bits per heavy atom. The average molecular weight is 332 g/mol. The van der Waals surface area contributed by atoms with Crippen molar-refractivity contribution >= 4 is 23.2 Å². The molecule has 21 heavy (non-hydrogen) atoms. The second-order valence-electron chi connectivity index (χ2n) is 5.36. The monoisotopic (exact) mass is 331 g/mol. The van der Waals surface area contributed by atoms with Gasteiger partial charge in [0.1, 0.15) is 18.0 Å². The minimum atomic E-state index is 0.0724. The van der Waals surface area contributed by atoms with Crippen LogP contribution in [0.4, 0.5) is 0 Å². The van der Waals surface area contributed by atoms with Crippen LogP contribution in [0.1, 0.15) is 33.1 Å². The van der Waals surface area contributed by atoms with E-state index in [4.69, 9.17) is 32.7 Å². The Bertz CT molecular complexity index is 456. The Balaban J connectivity index is 1.93. The lowest BCUT2D eigenvalue weighted by Crippen LogP contribution is -2.61. The van der Waals surface area contributed by atoms with Gasteiger partial charge in [-0.3, -0.25) is 0 Å². The van der Waals surface area contributed by atoms with Crippen LogP contribution in [-0.4, -0.2) is 31.4 Å². The maximum Gasteiger partial charge on any atom is 0.128 e. The lowest BCUT2D eigenvalue weighted by Gasteiger charge is -2.44. The van der Waals surface area contributed by atoms with Gasteiger partial charge in [-0.15, -0.1) is 0 Å². The van der Waals surface area contributed by atoms with Gasteiger partial charge in [0, 0.05) is 25.1 Å². The van der Waals surface area contributed by atoms with Crippen LogP contribution in [0.2, 0.25) is 10.0 Å². The second kappa shape index (κ2) is 8.23. The maximum atomic E-state index is 6.02. The smallest absolute Gasteiger partial charge is 0.128 e. The van der Waals surface area contributed by atoms with Gasteiger partial charge in [0.2, 0.25) is 0 Å². The number of hydrogen-bond acceptors (Lipinski definition) is 3. The summed E-state index contributed by atoms with van der Waals surface area (Å²) < 4.78 is 11.9. The summed E-state index contributed by atoms with van der Waals surface area (Å²) in [6, 6.07) is 5.74. The van der Waals surface area contributed by atoms with Gasteiger partial charge in [0.05, 0.1) is 10.0 Å². The SMILES string of the molecule is CCCNC1CC(Oc2ccc(Cl)c(Cl)c2)C1OCCC. The van der Waals surface area contributed by atoms with Crippen LogP contribution in [0.15, 0.2) is 18.2 Å². The van der Waals surface area contributed by atoms with Crippen molar-refractivity contribution in [1.29, 1.82) is 0 Å². The zero-order chi connectivity index (χ0) is 15.2. The number of nitrogens with one attached hydrogen (secondary N) is 1. The molecule has 118 valence electrons. The van der Waals surface area contributed by atoms with E-state index in [1.54, 1.807) is 12.1 Å². The molecule has 3 nitrogen and oxygen atoms in total. The molecule has 1 aromatic carbocycles. The van der Waals surface area contributed by atoms with Crippen LogP contribution in [0.25, 0.3) is 0 Å². The van der Waals surface area contributed by atoms with Gasteiger partial charge in [-0.1, -0.05) is 37.0 Å². The van der Waals surface area contributed by atoms with Crippen molar-refractivity contribution in [2.75, 3.05) is 13.2 Å². The van der Waals surface area contributed by atoms with Gasteiger partial charge < -0.3 is 14.8 Å². The molecule has 0 spiro atoms. The first-order valence-corrected chi connectivity index (χ1v) is 8.38. The number of benzene rings is 1. The molecule has 3 atom stereocenters. The van der Waals surface area contributed by atoms with Crippen LogP contribution in [0.3, 0.4) is 0 Å². The summed E-state index contributed by atoms with van der Waals surface area (Å²) in [5.74, 6) is 0.744. The fourth-order valence-corrected chi connectivity index (χ4v) is 2.72. The van der Waals surface area contributed by atoms with Crippen molar-refractivity contribution in [3.8, 4) is 5.75 Å². The van der Waals surface area contributed by atoms with Crippen molar-refractivity contribution in [3.05, 3.63) is 28.2 Å². The Morgan fingerprint density at radius 1 is 1.19 bits per heavy atom. The van der Waals surface area contributed by atoms with E-state index < -0.39 is 0 Å². The van der Waals surface area contributed by atoms with Gasteiger partial charge in [0.25, 0.3) is 0 Å². The highest BCUT2D eigenvalue weighted by atomic mass is 35.5. The van der Waals surface area contributed by atoms with Crippen molar-refractivity contribution in [2.24, 2.45) is 0 Å². The van der Waals surface area contributed by atoms with Crippen LogP contribution >= 0.6 is 23.2 Å². The fraction of sp³-hybridized carbons (Fsp3) is 0.625. The molecule has 0 aliphatic heterocycles. The zero-order valence-electron chi connectivity index (χ0n) is 12.6. The quantitative estimate of drug-likeness (QED) is 0.770. The molecule has 3 unspecified atom stereocenters. The van der Waals surface area contributed by atoms with Gasteiger partial charge in [-0.2, -0.15) is 0 Å². The second-order valence-corrected chi connectivity index (χ2v) is 6.18. The van der Waals surface area contributed by atoms with E-state index in [1.165, 1.54) is 0 Å². The summed E-state index contributed by atoms with van der Waals surface area (Å²) in [5, 5.41) is 4.57. The molecule has 5 heteroatoms. The number of hydrogen-bond donors (Lipinski definition) is 1. The van der Waals surface area contributed by atoms with Gasteiger partial charge in [-0.05, 0) is 31.5 Å². The Kier molecular flexibility index (Phi) is 6.62.